The molecule has 0 bridgehead atoms. The van der Waals surface area contributed by atoms with Gasteiger partial charge in [-0.15, -0.1) is 0 Å². The predicted octanol–water partition coefficient (Wildman–Crippen LogP) is 2.04. The van der Waals surface area contributed by atoms with Gasteiger partial charge in [0.1, 0.15) is 0 Å². The molecule has 1 aromatic heterocycles. The second kappa shape index (κ2) is 6.80. The molecule has 0 aliphatic carbocycles. The van der Waals surface area contributed by atoms with Crippen LogP contribution in [0.15, 0.2) is 42.7 Å². The predicted molar refractivity (Wildman–Crippen MR) is 87.5 cm³/mol. The van der Waals surface area contributed by atoms with Crippen LogP contribution in [0.25, 0.3) is 0 Å². The number of pyridine rings is 1. The maximum atomic E-state index is 12.3. The molecule has 1 aliphatic rings. The summed E-state index contributed by atoms with van der Waals surface area (Å²) in [6.07, 6.45) is 3.34. The number of hydrogen-bond donors (Lipinski definition) is 1. The van der Waals surface area contributed by atoms with Crippen LogP contribution in [0.2, 0.25) is 5.02 Å². The lowest BCUT2D eigenvalue weighted by Crippen LogP contribution is -2.34. The molecule has 1 aromatic carbocycles. The van der Waals surface area contributed by atoms with Crippen molar-refractivity contribution in [3.63, 3.8) is 0 Å². The highest BCUT2D eigenvalue weighted by Crippen LogP contribution is 2.28. The Balaban J connectivity index is 1.58. The smallest absolute Gasteiger partial charge is 0.263 e. The lowest BCUT2D eigenvalue weighted by atomic mass is 10.1. The molecule has 1 aliphatic heterocycles. The number of hydrogen-bond acceptors (Lipinski definition) is 4. The van der Waals surface area contributed by atoms with Crippen molar-refractivity contribution >= 4 is 29.3 Å². The molecule has 0 unspecified atom stereocenters. The summed E-state index contributed by atoms with van der Waals surface area (Å²) in [5.74, 6) is -1.13. The minimum absolute atomic E-state index is 0.0154. The van der Waals surface area contributed by atoms with E-state index >= 15 is 0 Å². The zero-order valence-electron chi connectivity index (χ0n) is 12.7. The summed E-state index contributed by atoms with van der Waals surface area (Å²) in [4.78, 5) is 41.5. The molecule has 6 nitrogen and oxygen atoms in total. The van der Waals surface area contributed by atoms with Crippen molar-refractivity contribution in [3.8, 4) is 0 Å². The first-order valence-electron chi connectivity index (χ1n) is 7.38. The first-order chi connectivity index (χ1) is 11.6. The number of imide groups is 1. The highest BCUT2D eigenvalue weighted by Gasteiger charge is 2.36. The van der Waals surface area contributed by atoms with E-state index in [9.17, 15) is 14.4 Å². The van der Waals surface area contributed by atoms with E-state index in [4.69, 9.17) is 11.6 Å². The molecule has 1 N–H and O–H groups in total. The molecule has 2 aromatic rings. The third kappa shape index (κ3) is 3.14. The van der Waals surface area contributed by atoms with Gasteiger partial charge in [-0.3, -0.25) is 24.3 Å². The normalized spacial score (nSPS) is 13.1. The first-order valence-corrected chi connectivity index (χ1v) is 7.76. The van der Waals surface area contributed by atoms with Gasteiger partial charge in [0.15, 0.2) is 0 Å². The molecule has 7 heteroatoms. The summed E-state index contributed by atoms with van der Waals surface area (Å²) in [5, 5.41) is 2.98. The molecule has 0 saturated heterocycles. The molecular formula is C17H14ClN3O3. The zero-order valence-corrected chi connectivity index (χ0v) is 13.4. The van der Waals surface area contributed by atoms with Gasteiger partial charge in [-0.25, -0.2) is 0 Å². The second-order valence-corrected chi connectivity index (χ2v) is 5.72. The number of halogens is 1. The Bertz CT molecular complexity index is 808. The summed E-state index contributed by atoms with van der Waals surface area (Å²) < 4.78 is 0. The summed E-state index contributed by atoms with van der Waals surface area (Å²) in [5.41, 5.74) is 1.36. The highest BCUT2D eigenvalue weighted by molar-refractivity contribution is 6.37. The van der Waals surface area contributed by atoms with Crippen LogP contribution in [0.4, 0.5) is 0 Å². The fraction of sp³-hybridized carbons (Fsp3) is 0.176. The molecule has 122 valence electrons. The molecular weight excluding hydrogens is 330 g/mol. The van der Waals surface area contributed by atoms with Crippen LogP contribution in [-0.4, -0.2) is 34.2 Å². The number of nitrogens with zero attached hydrogens (tertiary/aromatic N) is 2. The van der Waals surface area contributed by atoms with Crippen molar-refractivity contribution in [2.45, 2.75) is 13.0 Å². The van der Waals surface area contributed by atoms with E-state index in [1.54, 1.807) is 36.7 Å². The maximum Gasteiger partial charge on any atom is 0.263 e. The molecule has 0 saturated carbocycles. The van der Waals surface area contributed by atoms with Gasteiger partial charge in [0.05, 0.1) is 16.1 Å². The number of benzene rings is 1. The Hall–Kier alpha value is -2.73. The number of carbonyl (C=O) groups excluding carboxylic acids is 3. The monoisotopic (exact) mass is 343 g/mol. The van der Waals surface area contributed by atoms with E-state index < -0.39 is 11.8 Å². The fourth-order valence-corrected chi connectivity index (χ4v) is 2.76. The second-order valence-electron chi connectivity index (χ2n) is 5.31. The van der Waals surface area contributed by atoms with E-state index in [0.717, 1.165) is 10.5 Å². The number of nitrogens with one attached hydrogen (secondary N) is 1. The van der Waals surface area contributed by atoms with Gasteiger partial charge in [-0.1, -0.05) is 23.7 Å². The summed E-state index contributed by atoms with van der Waals surface area (Å²) in [6, 6.07) is 8.37. The van der Waals surface area contributed by atoms with Crippen LogP contribution < -0.4 is 5.32 Å². The number of aromatic nitrogens is 1. The summed E-state index contributed by atoms with van der Waals surface area (Å²) >= 11 is 5.99. The van der Waals surface area contributed by atoms with Crippen molar-refractivity contribution in [2.24, 2.45) is 0 Å². The highest BCUT2D eigenvalue weighted by atomic mass is 35.5. The van der Waals surface area contributed by atoms with Crippen LogP contribution in [-0.2, 0) is 11.3 Å². The average molecular weight is 344 g/mol. The molecule has 2 heterocycles. The van der Waals surface area contributed by atoms with Gasteiger partial charge >= 0.3 is 0 Å². The van der Waals surface area contributed by atoms with Crippen molar-refractivity contribution in [1.29, 1.82) is 0 Å². The van der Waals surface area contributed by atoms with Gasteiger partial charge in [-0.2, -0.15) is 0 Å². The number of rotatable bonds is 5. The first kappa shape index (κ1) is 16.1. The van der Waals surface area contributed by atoms with Crippen LogP contribution >= 0.6 is 11.6 Å². The van der Waals surface area contributed by atoms with Gasteiger partial charge in [0.25, 0.3) is 11.8 Å². The van der Waals surface area contributed by atoms with Crippen molar-refractivity contribution in [2.75, 3.05) is 6.54 Å². The number of fused-ring (bicyclic) bond motifs is 1. The van der Waals surface area contributed by atoms with Crippen molar-refractivity contribution in [1.82, 2.24) is 15.2 Å². The lowest BCUT2D eigenvalue weighted by molar-refractivity contribution is -0.121. The van der Waals surface area contributed by atoms with Gasteiger partial charge in [0.2, 0.25) is 5.91 Å². The SMILES string of the molecule is O=C(CCN1C(=O)c2cccc(Cl)c2C1=O)NCc1cccnc1. The summed E-state index contributed by atoms with van der Waals surface area (Å²) in [6.45, 7) is 0.363. The molecule has 3 rings (SSSR count). The third-order valence-electron chi connectivity index (χ3n) is 3.72. The topological polar surface area (TPSA) is 79.4 Å². The number of amides is 3. The molecule has 0 radical (unpaired) electrons. The van der Waals surface area contributed by atoms with Gasteiger partial charge in [-0.05, 0) is 23.8 Å². The Morgan fingerprint density at radius 1 is 1.17 bits per heavy atom. The Morgan fingerprint density at radius 3 is 2.71 bits per heavy atom. The van der Waals surface area contributed by atoms with E-state index in [0.29, 0.717) is 6.54 Å². The van der Waals surface area contributed by atoms with Crippen LogP contribution in [0.1, 0.15) is 32.7 Å². The Morgan fingerprint density at radius 2 is 2.00 bits per heavy atom. The van der Waals surface area contributed by atoms with Crippen molar-refractivity contribution in [3.05, 3.63) is 64.4 Å². The van der Waals surface area contributed by atoms with E-state index in [1.807, 2.05) is 6.07 Å². The molecule has 0 atom stereocenters. The lowest BCUT2D eigenvalue weighted by Gasteiger charge is -2.13. The Kier molecular flexibility index (Phi) is 4.57. The van der Waals surface area contributed by atoms with Gasteiger partial charge < -0.3 is 5.32 Å². The van der Waals surface area contributed by atoms with E-state index in [1.165, 1.54) is 0 Å². The Labute approximate surface area is 143 Å². The minimum Gasteiger partial charge on any atom is -0.352 e. The average Bonchev–Trinajstić information content (AvgIpc) is 2.84. The maximum absolute atomic E-state index is 12.3. The quantitative estimate of drug-likeness (QED) is 0.842. The number of carbonyl (C=O) groups is 3. The zero-order chi connectivity index (χ0) is 17.1. The largest absolute Gasteiger partial charge is 0.352 e. The van der Waals surface area contributed by atoms with E-state index in [-0.39, 0.29) is 35.0 Å². The third-order valence-corrected chi connectivity index (χ3v) is 4.04. The molecule has 0 spiro atoms. The molecule has 24 heavy (non-hydrogen) atoms. The fourth-order valence-electron chi connectivity index (χ4n) is 2.50. The molecule has 0 fully saturated rings. The summed E-state index contributed by atoms with van der Waals surface area (Å²) in [7, 11) is 0. The van der Waals surface area contributed by atoms with Crippen LogP contribution in [0, 0.1) is 0 Å². The minimum atomic E-state index is -0.458. The van der Waals surface area contributed by atoms with Crippen LogP contribution in [0.3, 0.4) is 0 Å². The standard InChI is InChI=1S/C17H14ClN3O3/c18-13-5-1-4-12-15(13)17(24)21(16(12)23)8-6-14(22)20-10-11-3-2-7-19-9-11/h1-5,7,9H,6,8,10H2,(H,20,22). The van der Waals surface area contributed by atoms with E-state index in [2.05, 4.69) is 10.3 Å². The van der Waals surface area contributed by atoms with Gasteiger partial charge in [0, 0.05) is 31.9 Å². The van der Waals surface area contributed by atoms with Crippen LogP contribution in [0.5, 0.6) is 0 Å². The molecule has 3 amide bonds. The van der Waals surface area contributed by atoms with Crippen molar-refractivity contribution < 1.29 is 14.4 Å².